The summed E-state index contributed by atoms with van der Waals surface area (Å²) in [6.45, 7) is 4.16. The second-order valence-electron chi connectivity index (χ2n) is 5.45. The third-order valence-corrected chi connectivity index (χ3v) is 3.89. The third-order valence-electron chi connectivity index (χ3n) is 3.89. The van der Waals surface area contributed by atoms with Crippen LogP contribution in [0.3, 0.4) is 0 Å². The van der Waals surface area contributed by atoms with Crippen molar-refractivity contribution in [1.29, 1.82) is 0 Å². The molecule has 0 bridgehead atoms. The molecular formula is C14H20N4. The average Bonchev–Trinajstić information content (AvgIpc) is 2.73. The lowest BCUT2D eigenvalue weighted by Gasteiger charge is -2.33. The fraction of sp³-hybridized carbons (Fsp3) is 0.500. The first kappa shape index (κ1) is 11.7. The number of hydrogen-bond acceptors (Lipinski definition) is 3. The standard InChI is InChI=1S/C14H20N4/c1-10-14-13(3-5-18(14)6-4-16-10)11-7-12(15)9-17(2)8-11/h3-6,11-12H,7-9,15H2,1-2H3. The van der Waals surface area contributed by atoms with Crippen molar-refractivity contribution in [2.75, 3.05) is 20.1 Å². The second-order valence-corrected chi connectivity index (χ2v) is 5.45. The maximum Gasteiger partial charge on any atom is 0.0699 e. The van der Waals surface area contributed by atoms with Crippen LogP contribution in [0.15, 0.2) is 24.7 Å². The zero-order valence-electron chi connectivity index (χ0n) is 11.0. The quantitative estimate of drug-likeness (QED) is 0.824. The maximum atomic E-state index is 6.14. The molecule has 0 amide bonds. The average molecular weight is 244 g/mol. The summed E-state index contributed by atoms with van der Waals surface area (Å²) in [4.78, 5) is 6.73. The Kier molecular flexibility index (Phi) is 2.84. The van der Waals surface area contributed by atoms with Gasteiger partial charge in [0, 0.05) is 43.6 Å². The molecule has 2 unspecified atom stereocenters. The molecule has 18 heavy (non-hydrogen) atoms. The molecule has 0 saturated carbocycles. The van der Waals surface area contributed by atoms with E-state index in [0.717, 1.165) is 25.2 Å². The molecule has 0 aromatic carbocycles. The van der Waals surface area contributed by atoms with Crippen LogP contribution in [-0.4, -0.2) is 40.5 Å². The molecule has 96 valence electrons. The minimum absolute atomic E-state index is 0.278. The first-order valence-electron chi connectivity index (χ1n) is 6.51. The van der Waals surface area contributed by atoms with Crippen LogP contribution in [0.1, 0.15) is 23.6 Å². The van der Waals surface area contributed by atoms with Crippen LogP contribution in [0.2, 0.25) is 0 Å². The molecule has 0 spiro atoms. The van der Waals surface area contributed by atoms with E-state index in [4.69, 9.17) is 5.73 Å². The van der Waals surface area contributed by atoms with E-state index in [1.165, 1.54) is 11.1 Å². The summed E-state index contributed by atoms with van der Waals surface area (Å²) in [5, 5.41) is 0. The van der Waals surface area contributed by atoms with Gasteiger partial charge in [0.25, 0.3) is 0 Å². The Bertz CT molecular complexity index is 550. The molecule has 0 radical (unpaired) electrons. The van der Waals surface area contributed by atoms with Crippen molar-refractivity contribution < 1.29 is 0 Å². The first-order valence-corrected chi connectivity index (χ1v) is 6.51. The van der Waals surface area contributed by atoms with Gasteiger partial charge in [0.05, 0.1) is 11.2 Å². The van der Waals surface area contributed by atoms with E-state index in [2.05, 4.69) is 40.5 Å². The molecule has 2 N–H and O–H groups in total. The van der Waals surface area contributed by atoms with Gasteiger partial charge < -0.3 is 15.0 Å². The van der Waals surface area contributed by atoms with Crippen LogP contribution in [0.5, 0.6) is 0 Å². The van der Waals surface area contributed by atoms with Crippen molar-refractivity contribution in [2.45, 2.75) is 25.3 Å². The topological polar surface area (TPSA) is 46.6 Å². The van der Waals surface area contributed by atoms with E-state index in [-0.39, 0.29) is 6.04 Å². The van der Waals surface area contributed by atoms with E-state index >= 15 is 0 Å². The number of likely N-dealkylation sites (tertiary alicyclic amines) is 1. The van der Waals surface area contributed by atoms with Crippen molar-refractivity contribution in [3.05, 3.63) is 35.9 Å². The van der Waals surface area contributed by atoms with Gasteiger partial charge in [0.15, 0.2) is 0 Å². The number of piperidine rings is 1. The predicted octanol–water partition coefficient (Wildman–Crippen LogP) is 1.39. The molecule has 2 aromatic rings. The third kappa shape index (κ3) is 1.91. The van der Waals surface area contributed by atoms with E-state index in [1.807, 2.05) is 12.4 Å². The minimum Gasteiger partial charge on any atom is -0.327 e. The van der Waals surface area contributed by atoms with Crippen molar-refractivity contribution in [3.63, 3.8) is 0 Å². The fourth-order valence-corrected chi connectivity index (χ4v) is 3.18. The zero-order valence-corrected chi connectivity index (χ0v) is 11.0. The Labute approximate surface area is 107 Å². The van der Waals surface area contributed by atoms with Crippen LogP contribution < -0.4 is 5.73 Å². The molecule has 0 aliphatic carbocycles. The van der Waals surface area contributed by atoms with Crippen LogP contribution >= 0.6 is 0 Å². The van der Waals surface area contributed by atoms with Crippen LogP contribution in [0.4, 0.5) is 0 Å². The lowest BCUT2D eigenvalue weighted by atomic mass is 9.89. The summed E-state index contributed by atoms with van der Waals surface area (Å²) in [6, 6.07) is 2.50. The van der Waals surface area contributed by atoms with E-state index in [0.29, 0.717) is 5.92 Å². The SMILES string of the molecule is Cc1nccn2ccc(C3CC(N)CN(C)C3)c12. The van der Waals surface area contributed by atoms with Crippen molar-refractivity contribution in [3.8, 4) is 0 Å². The number of hydrogen-bond donors (Lipinski definition) is 1. The highest BCUT2D eigenvalue weighted by Crippen LogP contribution is 2.30. The number of likely N-dealkylation sites (N-methyl/N-ethyl adjacent to an activating group) is 1. The van der Waals surface area contributed by atoms with Crippen molar-refractivity contribution >= 4 is 5.52 Å². The van der Waals surface area contributed by atoms with Gasteiger partial charge in [-0.05, 0) is 32.0 Å². The van der Waals surface area contributed by atoms with Gasteiger partial charge in [-0.2, -0.15) is 0 Å². The lowest BCUT2D eigenvalue weighted by Crippen LogP contribution is -2.44. The largest absolute Gasteiger partial charge is 0.327 e. The Hall–Kier alpha value is -1.39. The highest BCUT2D eigenvalue weighted by molar-refractivity contribution is 5.60. The summed E-state index contributed by atoms with van der Waals surface area (Å²) >= 11 is 0. The Morgan fingerprint density at radius 1 is 1.33 bits per heavy atom. The van der Waals surface area contributed by atoms with Gasteiger partial charge in [-0.15, -0.1) is 0 Å². The molecular weight excluding hydrogens is 224 g/mol. The summed E-state index contributed by atoms with van der Waals surface area (Å²) in [5.74, 6) is 0.520. The van der Waals surface area contributed by atoms with Gasteiger partial charge in [0.1, 0.15) is 0 Å². The van der Waals surface area contributed by atoms with E-state index in [1.54, 1.807) is 0 Å². The summed E-state index contributed by atoms with van der Waals surface area (Å²) in [5.41, 5.74) is 9.88. The number of rotatable bonds is 1. The van der Waals surface area contributed by atoms with Crippen LogP contribution in [0, 0.1) is 6.92 Å². The smallest absolute Gasteiger partial charge is 0.0699 e. The number of nitrogens with two attached hydrogens (primary N) is 1. The monoisotopic (exact) mass is 244 g/mol. The summed E-state index contributed by atoms with van der Waals surface area (Å²) in [6.07, 6.45) is 7.06. The number of aryl methyl sites for hydroxylation is 1. The summed E-state index contributed by atoms with van der Waals surface area (Å²) < 4.78 is 2.16. The molecule has 1 saturated heterocycles. The molecule has 4 nitrogen and oxygen atoms in total. The van der Waals surface area contributed by atoms with Gasteiger partial charge in [-0.3, -0.25) is 4.98 Å². The van der Waals surface area contributed by atoms with Gasteiger partial charge in [-0.1, -0.05) is 0 Å². The highest BCUT2D eigenvalue weighted by atomic mass is 15.1. The Morgan fingerprint density at radius 2 is 2.17 bits per heavy atom. The summed E-state index contributed by atoms with van der Waals surface area (Å²) in [7, 11) is 2.15. The van der Waals surface area contributed by atoms with E-state index < -0.39 is 0 Å². The number of fused-ring (bicyclic) bond motifs is 1. The molecule has 1 aliphatic rings. The van der Waals surface area contributed by atoms with Gasteiger partial charge >= 0.3 is 0 Å². The van der Waals surface area contributed by atoms with E-state index in [9.17, 15) is 0 Å². The molecule has 1 fully saturated rings. The molecule has 3 heterocycles. The zero-order chi connectivity index (χ0) is 12.7. The van der Waals surface area contributed by atoms with Gasteiger partial charge in [-0.25, -0.2) is 0 Å². The van der Waals surface area contributed by atoms with Crippen molar-refractivity contribution in [1.82, 2.24) is 14.3 Å². The van der Waals surface area contributed by atoms with Crippen LogP contribution in [-0.2, 0) is 0 Å². The van der Waals surface area contributed by atoms with Crippen molar-refractivity contribution in [2.24, 2.45) is 5.73 Å². The predicted molar refractivity (Wildman–Crippen MR) is 72.8 cm³/mol. The highest BCUT2D eigenvalue weighted by Gasteiger charge is 2.26. The first-order chi connectivity index (χ1) is 8.65. The molecule has 2 aromatic heterocycles. The van der Waals surface area contributed by atoms with Crippen LogP contribution in [0.25, 0.3) is 5.52 Å². The molecule has 3 rings (SSSR count). The van der Waals surface area contributed by atoms with Gasteiger partial charge in [0.2, 0.25) is 0 Å². The molecule has 2 atom stereocenters. The maximum absolute atomic E-state index is 6.14. The lowest BCUT2D eigenvalue weighted by molar-refractivity contribution is 0.227. The Balaban J connectivity index is 2.04. The minimum atomic E-state index is 0.278. The Morgan fingerprint density at radius 3 is 2.94 bits per heavy atom. The molecule has 4 heteroatoms. The number of nitrogens with zero attached hydrogens (tertiary/aromatic N) is 3. The number of aromatic nitrogens is 2. The molecule has 1 aliphatic heterocycles. The fourth-order valence-electron chi connectivity index (χ4n) is 3.18. The normalized spacial score (nSPS) is 25.7. The second kappa shape index (κ2) is 4.37.